The summed E-state index contributed by atoms with van der Waals surface area (Å²) < 4.78 is 2.12. The second kappa shape index (κ2) is 8.37. The van der Waals surface area contributed by atoms with E-state index in [9.17, 15) is 4.79 Å². The summed E-state index contributed by atoms with van der Waals surface area (Å²) in [6, 6.07) is 16.5. The third-order valence-corrected chi connectivity index (χ3v) is 5.95. The molecule has 0 radical (unpaired) electrons. The Balaban J connectivity index is 1.42. The summed E-state index contributed by atoms with van der Waals surface area (Å²) in [5.41, 5.74) is 3.78. The highest BCUT2D eigenvalue weighted by molar-refractivity contribution is 5.94. The van der Waals surface area contributed by atoms with Gasteiger partial charge in [-0.1, -0.05) is 12.1 Å². The Morgan fingerprint density at radius 3 is 2.69 bits per heavy atom. The van der Waals surface area contributed by atoms with Crippen LogP contribution in [0, 0.1) is 12.8 Å². The average molecular weight is 391 g/mol. The summed E-state index contributed by atoms with van der Waals surface area (Å²) in [6.07, 6.45) is 2.40. The van der Waals surface area contributed by atoms with Crippen LogP contribution < -0.4 is 5.32 Å². The fourth-order valence-electron chi connectivity index (χ4n) is 4.31. The van der Waals surface area contributed by atoms with Crippen molar-refractivity contribution in [3.05, 3.63) is 59.9 Å². The molecular formula is C24H30N4O. The predicted molar refractivity (Wildman–Crippen MR) is 118 cm³/mol. The van der Waals surface area contributed by atoms with Crippen molar-refractivity contribution >= 4 is 16.9 Å². The highest BCUT2D eigenvalue weighted by atomic mass is 16.1. The van der Waals surface area contributed by atoms with Crippen molar-refractivity contribution in [3.63, 3.8) is 0 Å². The van der Waals surface area contributed by atoms with Crippen LogP contribution in [0.25, 0.3) is 16.7 Å². The summed E-state index contributed by atoms with van der Waals surface area (Å²) in [6.45, 7) is 9.48. The quantitative estimate of drug-likeness (QED) is 0.711. The lowest BCUT2D eigenvalue weighted by molar-refractivity contribution is 0.0922. The topological polar surface area (TPSA) is 50.2 Å². The largest absolute Gasteiger partial charge is 0.352 e. The number of nitrogens with zero attached hydrogens (tertiary/aromatic N) is 3. The number of amides is 1. The number of fused-ring (bicyclic) bond motifs is 1. The van der Waals surface area contributed by atoms with Crippen LogP contribution >= 0.6 is 0 Å². The molecule has 2 aromatic carbocycles. The molecule has 1 amide bonds. The molecule has 1 unspecified atom stereocenters. The van der Waals surface area contributed by atoms with Gasteiger partial charge in [0, 0.05) is 30.4 Å². The molecule has 2 heterocycles. The van der Waals surface area contributed by atoms with Crippen molar-refractivity contribution in [1.82, 2.24) is 19.8 Å². The van der Waals surface area contributed by atoms with Crippen molar-refractivity contribution in [3.8, 4) is 5.69 Å². The van der Waals surface area contributed by atoms with Crippen molar-refractivity contribution in [1.29, 1.82) is 0 Å². The van der Waals surface area contributed by atoms with E-state index in [-0.39, 0.29) is 5.91 Å². The first kappa shape index (κ1) is 19.6. The Labute approximate surface area is 172 Å². The fourth-order valence-corrected chi connectivity index (χ4v) is 4.31. The maximum Gasteiger partial charge on any atom is 0.251 e. The van der Waals surface area contributed by atoms with Gasteiger partial charge < -0.3 is 10.2 Å². The Kier molecular flexibility index (Phi) is 5.67. The number of imidazole rings is 1. The molecule has 0 saturated carbocycles. The lowest BCUT2D eigenvalue weighted by atomic mass is 9.97. The van der Waals surface area contributed by atoms with E-state index in [1.165, 1.54) is 19.4 Å². The minimum atomic E-state index is 0.00503. The Hall–Kier alpha value is -2.66. The number of rotatable bonds is 5. The van der Waals surface area contributed by atoms with Crippen LogP contribution in [0.15, 0.2) is 48.5 Å². The lowest BCUT2D eigenvalue weighted by Gasteiger charge is -2.35. The van der Waals surface area contributed by atoms with Gasteiger partial charge in [0.25, 0.3) is 5.91 Å². The molecule has 0 spiro atoms. The molecule has 0 aliphatic carbocycles. The summed E-state index contributed by atoms with van der Waals surface area (Å²) >= 11 is 0. The van der Waals surface area contributed by atoms with Gasteiger partial charge in [0.15, 0.2) is 0 Å². The fraction of sp³-hybridized carbons (Fsp3) is 0.417. The number of aryl methyl sites for hydroxylation is 1. The average Bonchev–Trinajstić information content (AvgIpc) is 3.08. The maximum absolute atomic E-state index is 12.6. The van der Waals surface area contributed by atoms with Crippen molar-refractivity contribution in [2.24, 2.45) is 5.92 Å². The Morgan fingerprint density at radius 2 is 1.93 bits per heavy atom. The van der Waals surface area contributed by atoms with Gasteiger partial charge in [-0.3, -0.25) is 9.36 Å². The standard InChI is InChI=1S/C24H30N4O/c1-17(2)27-14-6-7-19(16-27)15-25-24(29)20-10-12-21(13-11-20)28-18(3)26-22-8-4-5-9-23(22)28/h4-5,8-13,17,19H,6-7,14-16H2,1-3H3,(H,25,29). The number of carbonyl (C=O) groups is 1. The van der Waals surface area contributed by atoms with Gasteiger partial charge in [0.05, 0.1) is 11.0 Å². The molecule has 1 N–H and O–H groups in total. The summed E-state index contributed by atoms with van der Waals surface area (Å²) in [5, 5.41) is 3.14. The first-order chi connectivity index (χ1) is 14.0. The number of aromatic nitrogens is 2. The van der Waals surface area contributed by atoms with E-state index in [1.54, 1.807) is 0 Å². The predicted octanol–water partition coefficient (Wildman–Crippen LogP) is 4.18. The third-order valence-electron chi connectivity index (χ3n) is 5.95. The number of carbonyl (C=O) groups excluding carboxylic acids is 1. The smallest absolute Gasteiger partial charge is 0.251 e. The number of likely N-dealkylation sites (tertiary alicyclic amines) is 1. The van der Waals surface area contributed by atoms with E-state index in [1.807, 2.05) is 49.4 Å². The Morgan fingerprint density at radius 1 is 1.17 bits per heavy atom. The molecule has 1 saturated heterocycles. The molecule has 3 aromatic rings. The lowest BCUT2D eigenvalue weighted by Crippen LogP contribution is -2.43. The molecule has 5 heteroatoms. The number of hydrogen-bond acceptors (Lipinski definition) is 3. The van der Waals surface area contributed by atoms with Crippen LogP contribution in [-0.4, -0.2) is 46.0 Å². The zero-order chi connectivity index (χ0) is 20.4. The van der Waals surface area contributed by atoms with E-state index in [0.29, 0.717) is 17.5 Å². The minimum Gasteiger partial charge on any atom is -0.352 e. The molecule has 29 heavy (non-hydrogen) atoms. The molecule has 1 aromatic heterocycles. The van der Waals surface area contributed by atoms with Gasteiger partial charge in [-0.2, -0.15) is 0 Å². The van der Waals surface area contributed by atoms with Crippen LogP contribution in [-0.2, 0) is 0 Å². The molecular weight excluding hydrogens is 360 g/mol. The van der Waals surface area contributed by atoms with Crippen LogP contribution in [0.2, 0.25) is 0 Å². The molecule has 1 aliphatic heterocycles. The summed E-state index contributed by atoms with van der Waals surface area (Å²) in [7, 11) is 0. The SMILES string of the molecule is Cc1nc2ccccc2n1-c1ccc(C(=O)NCC2CCCN(C(C)C)C2)cc1. The Bertz CT molecular complexity index is 990. The zero-order valence-corrected chi connectivity index (χ0v) is 17.6. The molecule has 1 aliphatic rings. The first-order valence-electron chi connectivity index (χ1n) is 10.6. The normalized spacial score (nSPS) is 17.7. The first-order valence-corrected chi connectivity index (χ1v) is 10.6. The highest BCUT2D eigenvalue weighted by Crippen LogP contribution is 2.22. The highest BCUT2D eigenvalue weighted by Gasteiger charge is 2.22. The number of hydrogen-bond donors (Lipinski definition) is 1. The van der Waals surface area contributed by atoms with Crippen molar-refractivity contribution in [2.75, 3.05) is 19.6 Å². The van der Waals surface area contributed by atoms with Crippen LogP contribution in [0.5, 0.6) is 0 Å². The van der Waals surface area contributed by atoms with Crippen molar-refractivity contribution < 1.29 is 4.79 Å². The molecule has 4 rings (SSSR count). The molecule has 152 valence electrons. The molecule has 1 fully saturated rings. The van der Waals surface area contributed by atoms with Gasteiger partial charge in [-0.25, -0.2) is 4.98 Å². The van der Waals surface area contributed by atoms with Crippen LogP contribution in [0.1, 0.15) is 42.9 Å². The van der Waals surface area contributed by atoms with E-state index < -0.39 is 0 Å². The van der Waals surface area contributed by atoms with Gasteiger partial charge in [-0.15, -0.1) is 0 Å². The molecule has 0 bridgehead atoms. The van der Waals surface area contributed by atoms with Gasteiger partial charge in [-0.05, 0) is 82.5 Å². The summed E-state index contributed by atoms with van der Waals surface area (Å²) in [5.74, 6) is 1.48. The maximum atomic E-state index is 12.6. The van der Waals surface area contributed by atoms with E-state index in [4.69, 9.17) is 0 Å². The van der Waals surface area contributed by atoms with E-state index >= 15 is 0 Å². The molecule has 1 atom stereocenters. The third kappa shape index (κ3) is 4.20. The van der Waals surface area contributed by atoms with E-state index in [0.717, 1.165) is 35.6 Å². The van der Waals surface area contributed by atoms with Crippen molar-refractivity contribution in [2.45, 2.75) is 39.7 Å². The summed E-state index contributed by atoms with van der Waals surface area (Å²) in [4.78, 5) is 19.8. The second-order valence-corrected chi connectivity index (χ2v) is 8.34. The number of piperidine rings is 1. The van der Waals surface area contributed by atoms with E-state index in [2.05, 4.69) is 39.7 Å². The van der Waals surface area contributed by atoms with Gasteiger partial charge in [0.2, 0.25) is 0 Å². The number of benzene rings is 2. The zero-order valence-electron chi connectivity index (χ0n) is 17.6. The monoisotopic (exact) mass is 390 g/mol. The van der Waals surface area contributed by atoms with Gasteiger partial charge in [0.1, 0.15) is 5.82 Å². The number of nitrogens with one attached hydrogen (secondary N) is 1. The van der Waals surface area contributed by atoms with Crippen LogP contribution in [0.4, 0.5) is 0 Å². The van der Waals surface area contributed by atoms with Gasteiger partial charge >= 0.3 is 0 Å². The van der Waals surface area contributed by atoms with Crippen LogP contribution in [0.3, 0.4) is 0 Å². The molecule has 5 nitrogen and oxygen atoms in total. The second-order valence-electron chi connectivity index (χ2n) is 8.34. The number of para-hydroxylation sites is 2. The minimum absolute atomic E-state index is 0.00503.